The van der Waals surface area contributed by atoms with Crippen LogP contribution in [0.25, 0.3) is 0 Å². The third-order valence-electron chi connectivity index (χ3n) is 1.75. The van der Waals surface area contributed by atoms with Gasteiger partial charge in [-0.3, -0.25) is 0 Å². The predicted molar refractivity (Wildman–Crippen MR) is 47.9 cm³/mol. The summed E-state index contributed by atoms with van der Waals surface area (Å²) in [6, 6.07) is 1.69. The van der Waals surface area contributed by atoms with Gasteiger partial charge in [0.1, 0.15) is 6.54 Å². The lowest BCUT2D eigenvalue weighted by Gasteiger charge is -2.06. The third kappa shape index (κ3) is 3.83. The summed E-state index contributed by atoms with van der Waals surface area (Å²) in [6.07, 6.45) is -1.19. The second-order valence-corrected chi connectivity index (χ2v) is 3.09. The Labute approximate surface area is 80.7 Å². The first-order valence-corrected chi connectivity index (χ1v) is 4.43. The molecule has 0 aromatic carbocycles. The van der Waals surface area contributed by atoms with Gasteiger partial charge < -0.3 is 9.88 Å². The fourth-order valence-corrected chi connectivity index (χ4v) is 1.17. The fraction of sp³-hybridized carbons (Fsp3) is 0.556. The van der Waals surface area contributed by atoms with Gasteiger partial charge in [-0.25, -0.2) is 0 Å². The smallest absolute Gasteiger partial charge is 0.345 e. The molecule has 0 aliphatic heterocycles. The van der Waals surface area contributed by atoms with Gasteiger partial charge in [-0.2, -0.15) is 13.2 Å². The number of halogens is 3. The average Bonchev–Trinajstić information content (AvgIpc) is 2.46. The van der Waals surface area contributed by atoms with Crippen molar-refractivity contribution >= 4 is 0 Å². The van der Waals surface area contributed by atoms with Crippen molar-refractivity contribution in [2.24, 2.45) is 0 Å². The highest BCUT2D eigenvalue weighted by Gasteiger charge is 2.27. The van der Waals surface area contributed by atoms with Gasteiger partial charge in [0.2, 0.25) is 0 Å². The van der Waals surface area contributed by atoms with E-state index in [1.54, 1.807) is 6.07 Å². The third-order valence-corrected chi connectivity index (χ3v) is 1.75. The van der Waals surface area contributed by atoms with Crippen molar-refractivity contribution in [1.29, 1.82) is 0 Å². The van der Waals surface area contributed by atoms with E-state index in [1.807, 2.05) is 6.92 Å². The van der Waals surface area contributed by atoms with Gasteiger partial charge in [-0.1, -0.05) is 6.92 Å². The Balaban J connectivity index is 2.51. The molecule has 14 heavy (non-hydrogen) atoms. The number of nitrogens with one attached hydrogen (secondary N) is 1. The molecule has 0 saturated heterocycles. The SMILES string of the molecule is CCNCc1ccn(CC(F)(F)F)c1. The van der Waals surface area contributed by atoms with E-state index >= 15 is 0 Å². The highest BCUT2D eigenvalue weighted by molar-refractivity contribution is 5.09. The summed E-state index contributed by atoms with van der Waals surface area (Å²) in [5.74, 6) is 0. The quantitative estimate of drug-likeness (QED) is 0.798. The highest BCUT2D eigenvalue weighted by Crippen LogP contribution is 2.17. The van der Waals surface area contributed by atoms with E-state index in [0.29, 0.717) is 6.54 Å². The van der Waals surface area contributed by atoms with Crippen LogP contribution in [0.4, 0.5) is 13.2 Å². The molecular formula is C9H13F3N2. The number of nitrogens with zero attached hydrogens (tertiary/aromatic N) is 1. The van der Waals surface area contributed by atoms with E-state index in [1.165, 1.54) is 12.4 Å². The standard InChI is InChI=1S/C9H13F3N2/c1-2-13-5-8-3-4-14(6-8)7-9(10,11)12/h3-4,6,13H,2,5,7H2,1H3. The molecule has 1 rings (SSSR count). The Morgan fingerprint density at radius 1 is 1.43 bits per heavy atom. The topological polar surface area (TPSA) is 17.0 Å². The molecule has 2 nitrogen and oxygen atoms in total. The zero-order valence-corrected chi connectivity index (χ0v) is 7.93. The number of hydrogen-bond acceptors (Lipinski definition) is 1. The maximum Gasteiger partial charge on any atom is 0.406 e. The summed E-state index contributed by atoms with van der Waals surface area (Å²) >= 11 is 0. The van der Waals surface area contributed by atoms with Crippen LogP contribution in [-0.4, -0.2) is 17.3 Å². The summed E-state index contributed by atoms with van der Waals surface area (Å²) in [7, 11) is 0. The van der Waals surface area contributed by atoms with Gasteiger partial charge in [0.05, 0.1) is 0 Å². The van der Waals surface area contributed by atoms with Gasteiger partial charge in [-0.05, 0) is 18.2 Å². The van der Waals surface area contributed by atoms with Crippen LogP contribution in [0.2, 0.25) is 0 Å². The molecule has 0 atom stereocenters. The molecule has 0 spiro atoms. The van der Waals surface area contributed by atoms with Crippen molar-refractivity contribution < 1.29 is 13.2 Å². The molecule has 80 valence electrons. The second kappa shape index (κ2) is 4.50. The predicted octanol–water partition coefficient (Wildman–Crippen LogP) is 2.16. The Bertz CT molecular complexity index is 278. The van der Waals surface area contributed by atoms with Crippen molar-refractivity contribution in [3.63, 3.8) is 0 Å². The molecule has 0 unspecified atom stereocenters. The summed E-state index contributed by atoms with van der Waals surface area (Å²) in [6.45, 7) is 2.46. The highest BCUT2D eigenvalue weighted by atomic mass is 19.4. The number of aromatic nitrogens is 1. The van der Waals surface area contributed by atoms with Crippen LogP contribution in [0.15, 0.2) is 18.5 Å². The Hall–Kier alpha value is -0.970. The first-order valence-electron chi connectivity index (χ1n) is 4.43. The van der Waals surface area contributed by atoms with Crippen molar-refractivity contribution in [2.75, 3.05) is 6.54 Å². The minimum absolute atomic E-state index is 0.612. The molecule has 1 N–H and O–H groups in total. The summed E-state index contributed by atoms with van der Waals surface area (Å²) < 4.78 is 37.0. The lowest BCUT2D eigenvalue weighted by Crippen LogP contribution is -2.16. The molecule has 0 fully saturated rings. The fourth-order valence-electron chi connectivity index (χ4n) is 1.17. The monoisotopic (exact) mass is 206 g/mol. The van der Waals surface area contributed by atoms with E-state index in [4.69, 9.17) is 0 Å². The van der Waals surface area contributed by atoms with Gasteiger partial charge in [0, 0.05) is 18.9 Å². The molecule has 0 radical (unpaired) electrons. The van der Waals surface area contributed by atoms with Crippen LogP contribution in [-0.2, 0) is 13.1 Å². The minimum atomic E-state index is -4.14. The Morgan fingerprint density at radius 2 is 2.14 bits per heavy atom. The molecule has 0 bridgehead atoms. The molecule has 5 heteroatoms. The maximum atomic E-state index is 12.0. The van der Waals surface area contributed by atoms with E-state index < -0.39 is 12.7 Å². The van der Waals surface area contributed by atoms with Gasteiger partial charge in [0.25, 0.3) is 0 Å². The number of hydrogen-bond donors (Lipinski definition) is 1. The van der Waals surface area contributed by atoms with Gasteiger partial charge in [0.15, 0.2) is 0 Å². The lowest BCUT2D eigenvalue weighted by molar-refractivity contribution is -0.140. The molecular weight excluding hydrogens is 193 g/mol. The number of rotatable bonds is 4. The minimum Gasteiger partial charge on any atom is -0.345 e. The van der Waals surface area contributed by atoms with Crippen molar-refractivity contribution in [1.82, 2.24) is 9.88 Å². The van der Waals surface area contributed by atoms with E-state index in [0.717, 1.165) is 16.7 Å². The normalized spacial score (nSPS) is 12.0. The van der Waals surface area contributed by atoms with Crippen molar-refractivity contribution in [3.8, 4) is 0 Å². The Morgan fingerprint density at radius 3 is 2.71 bits per heavy atom. The van der Waals surface area contributed by atoms with Crippen LogP contribution in [0, 0.1) is 0 Å². The number of alkyl halides is 3. The second-order valence-electron chi connectivity index (χ2n) is 3.09. The van der Waals surface area contributed by atoms with Crippen molar-refractivity contribution in [3.05, 3.63) is 24.0 Å². The van der Waals surface area contributed by atoms with E-state index in [9.17, 15) is 13.2 Å². The van der Waals surface area contributed by atoms with Crippen LogP contribution in [0.3, 0.4) is 0 Å². The van der Waals surface area contributed by atoms with Crippen molar-refractivity contribution in [2.45, 2.75) is 26.2 Å². The molecule has 0 saturated carbocycles. The van der Waals surface area contributed by atoms with Crippen LogP contribution < -0.4 is 5.32 Å². The molecule has 1 aromatic heterocycles. The summed E-state index contributed by atoms with van der Waals surface area (Å²) in [5.41, 5.74) is 0.871. The van der Waals surface area contributed by atoms with E-state index in [2.05, 4.69) is 5.32 Å². The van der Waals surface area contributed by atoms with Crippen LogP contribution in [0.1, 0.15) is 12.5 Å². The van der Waals surface area contributed by atoms with Gasteiger partial charge in [-0.15, -0.1) is 0 Å². The molecule has 0 aliphatic rings. The van der Waals surface area contributed by atoms with Crippen LogP contribution >= 0.6 is 0 Å². The molecule has 0 aliphatic carbocycles. The lowest BCUT2D eigenvalue weighted by atomic mass is 10.3. The molecule has 1 heterocycles. The first kappa shape index (κ1) is 11.1. The average molecular weight is 206 g/mol. The largest absolute Gasteiger partial charge is 0.406 e. The molecule has 0 amide bonds. The summed E-state index contributed by atoms with van der Waals surface area (Å²) in [4.78, 5) is 0. The maximum absolute atomic E-state index is 12.0. The molecule has 1 aromatic rings. The Kier molecular flexibility index (Phi) is 3.57. The summed E-state index contributed by atoms with van der Waals surface area (Å²) in [5, 5.41) is 3.05. The van der Waals surface area contributed by atoms with E-state index in [-0.39, 0.29) is 0 Å². The van der Waals surface area contributed by atoms with Crippen LogP contribution in [0.5, 0.6) is 0 Å². The zero-order chi connectivity index (χ0) is 10.6. The first-order chi connectivity index (χ1) is 6.51. The zero-order valence-electron chi connectivity index (χ0n) is 7.93. The van der Waals surface area contributed by atoms with Gasteiger partial charge >= 0.3 is 6.18 Å².